The van der Waals surface area contributed by atoms with E-state index in [-0.39, 0.29) is 11.2 Å². The molecule has 1 aromatic carbocycles. The van der Waals surface area contributed by atoms with Crippen LogP contribution in [0.3, 0.4) is 0 Å². The van der Waals surface area contributed by atoms with Gasteiger partial charge < -0.3 is 4.98 Å². The fourth-order valence-corrected chi connectivity index (χ4v) is 2.09. The first-order chi connectivity index (χ1) is 8.77. The van der Waals surface area contributed by atoms with Crippen LogP contribution in [0.2, 0.25) is 0 Å². The van der Waals surface area contributed by atoms with Crippen molar-refractivity contribution < 1.29 is 4.39 Å². The van der Waals surface area contributed by atoms with Crippen LogP contribution >= 0.6 is 12.2 Å². The Morgan fingerprint density at radius 2 is 1.89 bits per heavy atom. The van der Waals surface area contributed by atoms with Crippen LogP contribution in [0.25, 0.3) is 11.4 Å². The number of aromatic amines is 1. The lowest BCUT2D eigenvalue weighted by atomic mass is 9.92. The second-order valence-electron chi connectivity index (χ2n) is 5.69. The van der Waals surface area contributed by atoms with Gasteiger partial charge in [-0.25, -0.2) is 9.37 Å². The number of benzene rings is 1. The first-order valence-corrected chi connectivity index (χ1v) is 6.56. The summed E-state index contributed by atoms with van der Waals surface area (Å²) < 4.78 is 13.7. The van der Waals surface area contributed by atoms with Crippen molar-refractivity contribution in [1.29, 1.82) is 0 Å². The van der Waals surface area contributed by atoms with Crippen LogP contribution in [-0.4, -0.2) is 9.97 Å². The summed E-state index contributed by atoms with van der Waals surface area (Å²) >= 11 is 5.22. The minimum Gasteiger partial charge on any atom is -0.343 e. The van der Waals surface area contributed by atoms with Crippen molar-refractivity contribution >= 4 is 12.2 Å². The van der Waals surface area contributed by atoms with Gasteiger partial charge in [-0.2, -0.15) is 0 Å². The third-order valence-electron chi connectivity index (χ3n) is 2.99. The topological polar surface area (TPSA) is 28.7 Å². The molecular formula is C15H17FN2S. The third kappa shape index (κ3) is 3.07. The van der Waals surface area contributed by atoms with Gasteiger partial charge in [0.05, 0.1) is 0 Å². The summed E-state index contributed by atoms with van der Waals surface area (Å²) in [5.74, 6) is 0.446. The van der Waals surface area contributed by atoms with E-state index >= 15 is 0 Å². The first-order valence-electron chi connectivity index (χ1n) is 6.16. The van der Waals surface area contributed by atoms with E-state index in [1.54, 1.807) is 6.07 Å². The highest BCUT2D eigenvalue weighted by Crippen LogP contribution is 2.25. The zero-order valence-corrected chi connectivity index (χ0v) is 12.4. The van der Waals surface area contributed by atoms with Gasteiger partial charge in [-0.05, 0) is 36.8 Å². The van der Waals surface area contributed by atoms with Crippen LogP contribution in [0, 0.1) is 17.4 Å². The van der Waals surface area contributed by atoms with Gasteiger partial charge in [0.25, 0.3) is 0 Å². The Labute approximate surface area is 117 Å². The molecule has 0 saturated heterocycles. The maximum absolute atomic E-state index is 13.2. The summed E-state index contributed by atoms with van der Waals surface area (Å²) in [6.07, 6.45) is 0. The van der Waals surface area contributed by atoms with Crippen LogP contribution in [0.5, 0.6) is 0 Å². The summed E-state index contributed by atoms with van der Waals surface area (Å²) in [5.41, 5.74) is 2.69. The average molecular weight is 276 g/mol. The number of nitrogens with zero attached hydrogens (tertiary/aromatic N) is 1. The Kier molecular flexibility index (Phi) is 3.54. The summed E-state index contributed by atoms with van der Waals surface area (Å²) in [6.45, 7) is 8.18. The van der Waals surface area contributed by atoms with Crippen LogP contribution in [0.1, 0.15) is 32.0 Å². The Bertz CT molecular complexity index is 669. The van der Waals surface area contributed by atoms with Crippen molar-refractivity contribution in [2.45, 2.75) is 33.1 Å². The van der Waals surface area contributed by atoms with Crippen molar-refractivity contribution in [1.82, 2.24) is 9.97 Å². The molecule has 0 aliphatic carbocycles. The second kappa shape index (κ2) is 4.85. The summed E-state index contributed by atoms with van der Waals surface area (Å²) in [7, 11) is 0. The number of nitrogens with one attached hydrogen (secondary N) is 1. The number of aryl methyl sites for hydroxylation is 1. The van der Waals surface area contributed by atoms with Crippen molar-refractivity contribution in [3.05, 3.63) is 46.0 Å². The molecule has 0 bridgehead atoms. The van der Waals surface area contributed by atoms with Gasteiger partial charge in [0, 0.05) is 16.7 Å². The molecule has 0 saturated carbocycles. The monoisotopic (exact) mass is 276 g/mol. The van der Waals surface area contributed by atoms with Gasteiger partial charge in [-0.1, -0.05) is 33.0 Å². The Hall–Kier alpha value is -1.55. The van der Waals surface area contributed by atoms with E-state index in [0.29, 0.717) is 10.5 Å². The van der Waals surface area contributed by atoms with E-state index in [4.69, 9.17) is 12.2 Å². The molecular weight excluding hydrogens is 259 g/mol. The molecule has 4 heteroatoms. The Morgan fingerprint density at radius 1 is 1.21 bits per heavy atom. The molecule has 2 aromatic rings. The lowest BCUT2D eigenvalue weighted by molar-refractivity contribution is 0.567. The van der Waals surface area contributed by atoms with E-state index < -0.39 is 0 Å². The van der Waals surface area contributed by atoms with Crippen molar-refractivity contribution in [3.63, 3.8) is 0 Å². The smallest absolute Gasteiger partial charge is 0.139 e. The maximum Gasteiger partial charge on any atom is 0.139 e. The zero-order chi connectivity index (χ0) is 14.2. The van der Waals surface area contributed by atoms with E-state index in [2.05, 4.69) is 30.7 Å². The minimum atomic E-state index is -0.244. The van der Waals surface area contributed by atoms with E-state index in [1.807, 2.05) is 13.0 Å². The van der Waals surface area contributed by atoms with Crippen molar-refractivity contribution in [2.75, 3.05) is 0 Å². The first kappa shape index (κ1) is 13.9. The SMILES string of the molecule is Cc1cc(F)ccc1-c1nc(=S)cc(C(C)(C)C)[nH]1. The Morgan fingerprint density at radius 3 is 2.47 bits per heavy atom. The number of rotatable bonds is 1. The highest BCUT2D eigenvalue weighted by Gasteiger charge is 2.16. The molecule has 2 nitrogen and oxygen atoms in total. The predicted molar refractivity (Wildman–Crippen MR) is 78.3 cm³/mol. The zero-order valence-electron chi connectivity index (χ0n) is 11.5. The predicted octanol–water partition coefficient (Wildman–Crippen LogP) is 4.55. The highest BCUT2D eigenvalue weighted by molar-refractivity contribution is 7.71. The highest BCUT2D eigenvalue weighted by atomic mass is 32.1. The lowest BCUT2D eigenvalue weighted by Crippen LogP contribution is -2.14. The van der Waals surface area contributed by atoms with Crippen LogP contribution < -0.4 is 0 Å². The summed E-state index contributed by atoms with van der Waals surface area (Å²) in [4.78, 5) is 7.65. The normalized spacial score (nSPS) is 11.6. The van der Waals surface area contributed by atoms with Gasteiger partial charge in [0.2, 0.25) is 0 Å². The summed E-state index contributed by atoms with van der Waals surface area (Å²) in [5, 5.41) is 0. The molecule has 0 atom stereocenters. The molecule has 2 rings (SSSR count). The minimum absolute atomic E-state index is 0.0425. The largest absolute Gasteiger partial charge is 0.343 e. The third-order valence-corrected chi connectivity index (χ3v) is 3.20. The number of hydrogen-bond donors (Lipinski definition) is 1. The van der Waals surface area contributed by atoms with Crippen LogP contribution in [0.15, 0.2) is 24.3 Å². The molecule has 0 amide bonds. The molecule has 100 valence electrons. The second-order valence-corrected chi connectivity index (χ2v) is 6.11. The molecule has 0 unspecified atom stereocenters. The van der Waals surface area contributed by atoms with E-state index in [9.17, 15) is 4.39 Å². The maximum atomic E-state index is 13.2. The quantitative estimate of drug-likeness (QED) is 0.774. The molecule has 1 aromatic heterocycles. The average Bonchev–Trinajstić information content (AvgIpc) is 2.26. The van der Waals surface area contributed by atoms with Gasteiger partial charge in [-0.15, -0.1) is 0 Å². The molecule has 0 radical (unpaired) electrons. The fraction of sp³-hybridized carbons (Fsp3) is 0.333. The number of hydrogen-bond acceptors (Lipinski definition) is 2. The number of halogens is 1. The molecule has 0 aliphatic rings. The van der Waals surface area contributed by atoms with Gasteiger partial charge in [-0.3, -0.25) is 0 Å². The van der Waals surface area contributed by atoms with E-state index in [1.165, 1.54) is 12.1 Å². The van der Waals surface area contributed by atoms with Crippen molar-refractivity contribution in [3.8, 4) is 11.4 Å². The van der Waals surface area contributed by atoms with E-state index in [0.717, 1.165) is 16.8 Å². The molecule has 0 aliphatic heterocycles. The molecule has 19 heavy (non-hydrogen) atoms. The van der Waals surface area contributed by atoms with Crippen LogP contribution in [0.4, 0.5) is 4.39 Å². The van der Waals surface area contributed by atoms with Gasteiger partial charge in [0.1, 0.15) is 16.3 Å². The molecule has 1 N–H and O–H groups in total. The summed E-state index contributed by atoms with van der Waals surface area (Å²) in [6, 6.07) is 6.53. The lowest BCUT2D eigenvalue weighted by Gasteiger charge is -2.19. The number of H-pyrrole nitrogens is 1. The molecule has 0 fully saturated rings. The fourth-order valence-electron chi connectivity index (χ4n) is 1.88. The number of aromatic nitrogens is 2. The van der Waals surface area contributed by atoms with Gasteiger partial charge >= 0.3 is 0 Å². The Balaban J connectivity index is 2.63. The van der Waals surface area contributed by atoms with Crippen molar-refractivity contribution in [2.24, 2.45) is 0 Å². The molecule has 1 heterocycles. The van der Waals surface area contributed by atoms with Crippen LogP contribution in [-0.2, 0) is 5.41 Å². The molecule has 0 spiro atoms. The van der Waals surface area contributed by atoms with Gasteiger partial charge in [0.15, 0.2) is 0 Å². The standard InChI is InChI=1S/C15H17FN2S/c1-9-7-10(16)5-6-11(9)14-17-12(15(2,3)4)8-13(19)18-14/h5-8H,1-4H3,(H,17,18,19).